The van der Waals surface area contributed by atoms with Gasteiger partial charge in [-0.1, -0.05) is 153 Å². The van der Waals surface area contributed by atoms with Crippen LogP contribution < -0.4 is 26.6 Å². The van der Waals surface area contributed by atoms with Gasteiger partial charge < -0.3 is 36.3 Å². The van der Waals surface area contributed by atoms with E-state index < -0.39 is 71.8 Å². The molecule has 0 saturated carbocycles. The fourth-order valence-corrected chi connectivity index (χ4v) is 8.16. The predicted octanol–water partition coefficient (Wildman–Crippen LogP) is 5.08. The zero-order valence-corrected chi connectivity index (χ0v) is 37.1. The molecule has 5 amide bonds. The first-order valence-corrected chi connectivity index (χ1v) is 22.4. The Labute approximate surface area is 384 Å². The van der Waals surface area contributed by atoms with Crippen molar-refractivity contribution in [3.05, 3.63) is 180 Å². The molecule has 0 spiro atoms. The molecule has 1 aliphatic rings. The molecule has 6 aromatic rings. The molecular formula is C53H56N6O7. The quantitative estimate of drug-likeness (QED) is 0.0926. The van der Waals surface area contributed by atoms with Gasteiger partial charge in [-0.05, 0) is 46.2 Å². The van der Waals surface area contributed by atoms with E-state index in [1.54, 1.807) is 6.20 Å². The number of aromatic nitrogens is 1. The van der Waals surface area contributed by atoms with Crippen LogP contribution in [-0.4, -0.2) is 76.8 Å². The SMILES string of the molecule is CC(C)C[C@@H]1OC(=O)[C@H](Cc2ccccc2)NC(=O)[C@H](Cc2ccccc2)NC(=O)[C@H](Cc2ccccc2)NC(=O)[C@H](Cc2ccccc2)NC(=O)[C@H](Cc2c[nH]c3ccccc23)NC1=O. The number of cyclic esters (lactones) is 1. The minimum Gasteiger partial charge on any atom is -0.451 e. The third-order valence-electron chi connectivity index (χ3n) is 11.6. The number of carbonyl (C=O) groups excluding carboxylic acids is 6. The van der Waals surface area contributed by atoms with Crippen LogP contribution >= 0.6 is 0 Å². The number of H-pyrrole nitrogens is 1. The number of hydrogen-bond acceptors (Lipinski definition) is 7. The minimum absolute atomic E-state index is 0.00845. The van der Waals surface area contributed by atoms with E-state index in [-0.39, 0.29) is 44.4 Å². The number of aromatic amines is 1. The molecular weight excluding hydrogens is 833 g/mol. The number of esters is 1. The Kier molecular flexibility index (Phi) is 15.8. The molecule has 13 heteroatoms. The number of amides is 5. The third-order valence-corrected chi connectivity index (χ3v) is 11.6. The van der Waals surface area contributed by atoms with Crippen molar-refractivity contribution in [1.29, 1.82) is 0 Å². The highest BCUT2D eigenvalue weighted by Gasteiger charge is 2.37. The molecule has 0 unspecified atom stereocenters. The highest BCUT2D eigenvalue weighted by molar-refractivity contribution is 5.98. The average molecular weight is 889 g/mol. The van der Waals surface area contributed by atoms with Crippen molar-refractivity contribution < 1.29 is 33.5 Å². The molecule has 1 aromatic heterocycles. The lowest BCUT2D eigenvalue weighted by molar-refractivity contribution is -0.160. The first-order chi connectivity index (χ1) is 32.0. The fourth-order valence-electron chi connectivity index (χ4n) is 8.16. The number of para-hydroxylation sites is 1. The number of nitrogens with one attached hydrogen (secondary N) is 6. The van der Waals surface area contributed by atoms with E-state index in [1.807, 2.05) is 159 Å². The second-order valence-corrected chi connectivity index (χ2v) is 17.2. The molecule has 13 nitrogen and oxygen atoms in total. The molecule has 66 heavy (non-hydrogen) atoms. The van der Waals surface area contributed by atoms with Gasteiger partial charge in [0.2, 0.25) is 23.6 Å². The predicted molar refractivity (Wildman–Crippen MR) is 252 cm³/mol. The van der Waals surface area contributed by atoms with Gasteiger partial charge in [0, 0.05) is 49.2 Å². The Hall–Kier alpha value is -7.54. The molecule has 6 N–H and O–H groups in total. The van der Waals surface area contributed by atoms with Crippen LogP contribution in [0.3, 0.4) is 0 Å². The second kappa shape index (κ2) is 22.4. The smallest absolute Gasteiger partial charge is 0.329 e. The van der Waals surface area contributed by atoms with Crippen LogP contribution in [0.2, 0.25) is 0 Å². The fraction of sp³-hybridized carbons (Fsp3) is 0.283. The lowest BCUT2D eigenvalue weighted by Crippen LogP contribution is -2.61. The summed E-state index contributed by atoms with van der Waals surface area (Å²) < 4.78 is 6.06. The van der Waals surface area contributed by atoms with Crippen molar-refractivity contribution in [3.63, 3.8) is 0 Å². The van der Waals surface area contributed by atoms with E-state index >= 15 is 0 Å². The average Bonchev–Trinajstić information content (AvgIpc) is 3.73. The van der Waals surface area contributed by atoms with Gasteiger partial charge >= 0.3 is 5.97 Å². The maximum atomic E-state index is 14.7. The van der Waals surface area contributed by atoms with Crippen molar-refractivity contribution in [2.45, 2.75) is 88.7 Å². The van der Waals surface area contributed by atoms with Gasteiger partial charge in [-0.3, -0.25) is 24.0 Å². The molecule has 340 valence electrons. The van der Waals surface area contributed by atoms with Crippen molar-refractivity contribution >= 4 is 46.4 Å². The number of rotatable bonds is 12. The van der Waals surface area contributed by atoms with Gasteiger partial charge in [0.15, 0.2) is 6.10 Å². The van der Waals surface area contributed by atoms with E-state index in [0.717, 1.165) is 33.2 Å². The van der Waals surface area contributed by atoms with Gasteiger partial charge in [0.05, 0.1) is 0 Å². The highest BCUT2D eigenvalue weighted by Crippen LogP contribution is 2.21. The minimum atomic E-state index is -1.37. The van der Waals surface area contributed by atoms with Gasteiger partial charge in [-0.2, -0.15) is 0 Å². The van der Waals surface area contributed by atoms with Crippen molar-refractivity contribution in [2.24, 2.45) is 5.92 Å². The lowest BCUT2D eigenvalue weighted by atomic mass is 9.99. The molecule has 0 radical (unpaired) electrons. The van der Waals surface area contributed by atoms with Crippen LogP contribution in [0.25, 0.3) is 10.9 Å². The van der Waals surface area contributed by atoms with Gasteiger partial charge in [0.1, 0.15) is 30.2 Å². The summed E-state index contributed by atoms with van der Waals surface area (Å²) in [6, 6.07) is 37.8. The summed E-state index contributed by atoms with van der Waals surface area (Å²) in [5.74, 6) is -4.37. The molecule has 6 atom stereocenters. The zero-order chi connectivity index (χ0) is 46.4. The van der Waals surface area contributed by atoms with E-state index in [9.17, 15) is 28.8 Å². The van der Waals surface area contributed by atoms with Crippen LogP contribution in [0.5, 0.6) is 0 Å². The first-order valence-electron chi connectivity index (χ1n) is 22.4. The number of ether oxygens (including phenoxy) is 1. The largest absolute Gasteiger partial charge is 0.451 e. The topological polar surface area (TPSA) is 188 Å². The Balaban J connectivity index is 1.31. The summed E-state index contributed by atoms with van der Waals surface area (Å²) in [7, 11) is 0. The van der Waals surface area contributed by atoms with Gasteiger partial charge in [0.25, 0.3) is 5.91 Å². The monoisotopic (exact) mass is 888 g/mol. The molecule has 2 heterocycles. The number of hydrogen-bond donors (Lipinski definition) is 6. The molecule has 0 bridgehead atoms. The van der Waals surface area contributed by atoms with Crippen LogP contribution in [-0.2, 0) is 65.6 Å². The Bertz CT molecular complexity index is 2590. The van der Waals surface area contributed by atoms with E-state index in [1.165, 1.54) is 0 Å². The Morgan fingerprint density at radius 2 is 0.773 bits per heavy atom. The van der Waals surface area contributed by atoms with Gasteiger partial charge in [-0.15, -0.1) is 0 Å². The van der Waals surface area contributed by atoms with Crippen LogP contribution in [0.15, 0.2) is 152 Å². The zero-order valence-electron chi connectivity index (χ0n) is 37.1. The van der Waals surface area contributed by atoms with Crippen molar-refractivity contribution in [2.75, 3.05) is 0 Å². The summed E-state index contributed by atoms with van der Waals surface area (Å²) in [6.07, 6.45) is 0.647. The molecule has 1 fully saturated rings. The second-order valence-electron chi connectivity index (χ2n) is 17.2. The van der Waals surface area contributed by atoms with Crippen molar-refractivity contribution in [3.8, 4) is 0 Å². The molecule has 1 saturated heterocycles. The maximum Gasteiger partial charge on any atom is 0.329 e. The van der Waals surface area contributed by atoms with Gasteiger partial charge in [-0.25, -0.2) is 4.79 Å². The molecule has 0 aliphatic carbocycles. The van der Waals surface area contributed by atoms with Crippen LogP contribution in [0.4, 0.5) is 0 Å². The summed E-state index contributed by atoms with van der Waals surface area (Å²) >= 11 is 0. The van der Waals surface area contributed by atoms with E-state index in [0.29, 0.717) is 5.56 Å². The standard InChI is InChI=1S/C53H56N6O7/c1-34(2)27-47-52(64)58-45(32-39-33-54-41-26-16-15-25-40(39)41)51(63)57-43(29-36-19-9-4-10-20-36)49(61)55-42(28-35-17-7-3-8-18-35)48(60)56-44(30-37-21-11-5-12-22-37)50(62)59-46(53(65)66-47)31-38-23-13-6-14-24-38/h3-26,33-34,42-47,54H,27-32H2,1-2H3,(H,55,61)(H,56,60)(H,57,63)(H,58,64)(H,59,62)/t42-,43-,44-,45-,46-,47-/m0/s1. The first kappa shape index (κ1) is 46.5. The highest BCUT2D eigenvalue weighted by atomic mass is 16.5. The maximum absolute atomic E-state index is 14.7. The number of fused-ring (bicyclic) bond motifs is 1. The summed E-state index contributed by atoms with van der Waals surface area (Å²) in [6.45, 7) is 3.75. The van der Waals surface area contributed by atoms with Crippen LogP contribution in [0, 0.1) is 5.92 Å². The van der Waals surface area contributed by atoms with Crippen LogP contribution in [0.1, 0.15) is 48.1 Å². The molecule has 7 rings (SSSR count). The van der Waals surface area contributed by atoms with E-state index in [2.05, 4.69) is 31.6 Å². The Morgan fingerprint density at radius 1 is 0.424 bits per heavy atom. The third kappa shape index (κ3) is 12.8. The number of benzene rings is 5. The number of carbonyl (C=O) groups is 6. The summed E-state index contributed by atoms with van der Waals surface area (Å²) in [4.78, 5) is 90.9. The van der Waals surface area contributed by atoms with E-state index in [4.69, 9.17) is 4.74 Å². The van der Waals surface area contributed by atoms with Crippen molar-refractivity contribution in [1.82, 2.24) is 31.6 Å². The lowest BCUT2D eigenvalue weighted by Gasteiger charge is -2.29. The normalized spacial score (nSPS) is 21.4. The molecule has 1 aliphatic heterocycles. The Morgan fingerprint density at radius 3 is 1.20 bits per heavy atom. The summed E-state index contributed by atoms with van der Waals surface area (Å²) in [5, 5.41) is 15.3. The summed E-state index contributed by atoms with van der Waals surface area (Å²) in [5.41, 5.74) is 4.46. The molecule has 5 aromatic carbocycles.